The van der Waals surface area contributed by atoms with Crippen molar-refractivity contribution in [1.29, 1.82) is 0 Å². The number of esters is 1. The van der Waals surface area contributed by atoms with Crippen LogP contribution in [0.5, 0.6) is 5.75 Å². The lowest BCUT2D eigenvalue weighted by atomic mass is 9.84. The van der Waals surface area contributed by atoms with Crippen molar-refractivity contribution in [3.63, 3.8) is 0 Å². The Labute approximate surface area is 203 Å². The molecule has 1 N–H and O–H groups in total. The average molecular weight is 465 g/mol. The van der Waals surface area contributed by atoms with Gasteiger partial charge in [0.2, 0.25) is 5.95 Å². The molecule has 3 heterocycles. The van der Waals surface area contributed by atoms with Crippen LogP contribution in [0.25, 0.3) is 5.70 Å². The van der Waals surface area contributed by atoms with Gasteiger partial charge in [0.1, 0.15) is 24.2 Å². The number of carbonyl (C=O) groups excluding carboxylic acids is 1. The van der Waals surface area contributed by atoms with Gasteiger partial charge in [0.15, 0.2) is 0 Å². The normalized spacial score (nSPS) is 18.0. The first-order valence-electron chi connectivity index (χ1n) is 11.5. The number of nitrogens with zero attached hydrogens (tertiary/aromatic N) is 3. The Kier molecular flexibility index (Phi) is 4.91. The molecule has 6 rings (SSSR count). The highest BCUT2D eigenvalue weighted by Crippen LogP contribution is 2.50. The molecule has 7 nitrogen and oxygen atoms in total. The molecule has 0 spiro atoms. The number of benzene rings is 3. The predicted octanol–water partition coefficient (Wildman–Crippen LogP) is 5.24. The van der Waals surface area contributed by atoms with Gasteiger partial charge in [-0.25, -0.2) is 9.48 Å². The largest absolute Gasteiger partial charge is 0.480 e. The molecule has 0 unspecified atom stereocenters. The van der Waals surface area contributed by atoms with Gasteiger partial charge in [-0.2, -0.15) is 10.1 Å². The van der Waals surface area contributed by atoms with E-state index in [0.29, 0.717) is 11.5 Å². The first-order chi connectivity index (χ1) is 17.0. The van der Waals surface area contributed by atoms with Gasteiger partial charge < -0.3 is 14.8 Å². The Morgan fingerprint density at radius 3 is 2.43 bits per heavy atom. The van der Waals surface area contributed by atoms with Crippen molar-refractivity contribution < 1.29 is 14.3 Å². The number of carbonyl (C=O) groups is 1. The summed E-state index contributed by atoms with van der Waals surface area (Å²) in [4.78, 5) is 16.5. The minimum atomic E-state index is -0.400. The average Bonchev–Trinajstić information content (AvgIpc) is 3.36. The quantitative estimate of drug-likeness (QED) is 0.418. The van der Waals surface area contributed by atoms with Crippen LogP contribution < -0.4 is 10.1 Å². The predicted molar refractivity (Wildman–Crippen MR) is 132 cm³/mol. The van der Waals surface area contributed by atoms with Gasteiger partial charge in [-0.15, -0.1) is 0 Å². The standard InChI is InChI=1S/C28H24N4O3/c1-16-4-7-18(8-5-16)25-23-24(31-28-29-15-30-32(25)28)21-14-17(2)6-13-22(21)35-26(23)19-9-11-20(12-10-19)27(33)34-3/h4-15,25-26H,1-3H3,(H,29,30,31)/t25-,26+/m0/s1. The molecular formula is C28H24N4O3. The molecule has 7 heteroatoms. The highest BCUT2D eigenvalue weighted by molar-refractivity contribution is 5.89. The molecule has 0 saturated carbocycles. The van der Waals surface area contributed by atoms with Gasteiger partial charge in [0.05, 0.1) is 18.4 Å². The number of ether oxygens (including phenoxy) is 2. The van der Waals surface area contributed by atoms with E-state index in [-0.39, 0.29) is 12.0 Å². The number of anilines is 1. The first kappa shape index (κ1) is 21.2. The highest BCUT2D eigenvalue weighted by Gasteiger charge is 2.41. The summed E-state index contributed by atoms with van der Waals surface area (Å²) in [7, 11) is 1.38. The van der Waals surface area contributed by atoms with Crippen molar-refractivity contribution in [3.8, 4) is 5.75 Å². The van der Waals surface area contributed by atoms with E-state index in [1.165, 1.54) is 12.7 Å². The summed E-state index contributed by atoms with van der Waals surface area (Å²) in [6.07, 6.45) is 1.17. The summed E-state index contributed by atoms with van der Waals surface area (Å²) in [6, 6.07) is 21.8. The molecule has 174 valence electrons. The summed E-state index contributed by atoms with van der Waals surface area (Å²) in [5.74, 6) is 1.11. The lowest BCUT2D eigenvalue weighted by molar-refractivity contribution is 0.0600. The molecule has 2 atom stereocenters. The van der Waals surface area contributed by atoms with Crippen LogP contribution in [0.15, 0.2) is 78.6 Å². The van der Waals surface area contributed by atoms with Gasteiger partial charge in [-0.3, -0.25) is 0 Å². The SMILES string of the molecule is COC(=O)c1ccc([C@H]2Oc3ccc(C)cc3C3=C2[C@H](c2ccc(C)cc2)n2ncnc2N3)cc1. The topological polar surface area (TPSA) is 78.3 Å². The van der Waals surface area contributed by atoms with Gasteiger partial charge in [-0.05, 0) is 49.2 Å². The van der Waals surface area contributed by atoms with E-state index < -0.39 is 6.10 Å². The minimum Gasteiger partial charge on any atom is -0.480 e. The van der Waals surface area contributed by atoms with Gasteiger partial charge in [0.25, 0.3) is 0 Å². The van der Waals surface area contributed by atoms with E-state index in [0.717, 1.165) is 39.3 Å². The van der Waals surface area contributed by atoms with Crippen LogP contribution in [0.4, 0.5) is 5.95 Å². The second-order valence-electron chi connectivity index (χ2n) is 8.91. The Hall–Kier alpha value is -4.39. The van der Waals surface area contributed by atoms with Crippen LogP contribution in [0.1, 0.15) is 50.3 Å². The lowest BCUT2D eigenvalue weighted by Gasteiger charge is -2.39. The van der Waals surface area contributed by atoms with Crippen LogP contribution in [0, 0.1) is 13.8 Å². The van der Waals surface area contributed by atoms with Crippen LogP contribution >= 0.6 is 0 Å². The third kappa shape index (κ3) is 3.47. The number of aromatic nitrogens is 3. The van der Waals surface area contributed by atoms with Crippen LogP contribution in [0.2, 0.25) is 0 Å². The van der Waals surface area contributed by atoms with Crippen molar-refractivity contribution in [2.75, 3.05) is 12.4 Å². The maximum absolute atomic E-state index is 12.0. The molecule has 0 fully saturated rings. The fourth-order valence-corrected chi connectivity index (χ4v) is 4.84. The Bertz CT molecular complexity index is 1470. The molecule has 1 aromatic heterocycles. The van der Waals surface area contributed by atoms with Crippen LogP contribution in [-0.2, 0) is 4.74 Å². The number of aryl methyl sites for hydroxylation is 2. The summed E-state index contributed by atoms with van der Waals surface area (Å²) < 4.78 is 13.4. The van der Waals surface area contributed by atoms with Crippen molar-refractivity contribution in [3.05, 3.63) is 112 Å². The summed E-state index contributed by atoms with van der Waals surface area (Å²) in [6.45, 7) is 4.15. The number of nitrogens with one attached hydrogen (secondary N) is 1. The summed E-state index contributed by atoms with van der Waals surface area (Å²) in [5, 5.41) is 8.10. The van der Waals surface area contributed by atoms with E-state index >= 15 is 0 Å². The molecule has 0 radical (unpaired) electrons. The monoisotopic (exact) mass is 464 g/mol. The first-order valence-corrected chi connectivity index (χ1v) is 11.5. The van der Waals surface area contributed by atoms with E-state index in [2.05, 4.69) is 59.6 Å². The highest BCUT2D eigenvalue weighted by atomic mass is 16.5. The second-order valence-corrected chi connectivity index (χ2v) is 8.91. The van der Waals surface area contributed by atoms with Crippen LogP contribution in [0.3, 0.4) is 0 Å². The second kappa shape index (κ2) is 8.13. The van der Waals surface area contributed by atoms with Gasteiger partial charge >= 0.3 is 5.97 Å². The summed E-state index contributed by atoms with van der Waals surface area (Å²) >= 11 is 0. The fraction of sp³-hybridized carbons (Fsp3) is 0.179. The fourth-order valence-electron chi connectivity index (χ4n) is 4.84. The maximum Gasteiger partial charge on any atom is 0.337 e. The Morgan fingerprint density at radius 2 is 1.69 bits per heavy atom. The van der Waals surface area contributed by atoms with Gasteiger partial charge in [0, 0.05) is 11.1 Å². The number of rotatable bonds is 3. The zero-order chi connectivity index (χ0) is 24.1. The third-order valence-electron chi connectivity index (χ3n) is 6.60. The Morgan fingerprint density at radius 1 is 0.971 bits per heavy atom. The van der Waals surface area contributed by atoms with Crippen LogP contribution in [-0.4, -0.2) is 27.8 Å². The van der Waals surface area contributed by atoms with E-state index in [4.69, 9.17) is 9.47 Å². The molecule has 35 heavy (non-hydrogen) atoms. The van der Waals surface area contributed by atoms with Crippen molar-refractivity contribution >= 4 is 17.6 Å². The maximum atomic E-state index is 12.0. The summed E-state index contributed by atoms with van der Waals surface area (Å²) in [5.41, 5.74) is 7.85. The molecule has 2 aliphatic rings. The molecule has 0 aliphatic carbocycles. The molecular weight excluding hydrogens is 440 g/mol. The zero-order valence-corrected chi connectivity index (χ0v) is 19.6. The Balaban J connectivity index is 1.57. The molecule has 0 amide bonds. The van der Waals surface area contributed by atoms with E-state index in [1.807, 2.05) is 28.9 Å². The number of methoxy groups -OCH3 is 1. The van der Waals surface area contributed by atoms with Gasteiger partial charge in [-0.1, -0.05) is 53.6 Å². The zero-order valence-electron chi connectivity index (χ0n) is 19.6. The minimum absolute atomic E-state index is 0.219. The van der Waals surface area contributed by atoms with E-state index in [9.17, 15) is 4.79 Å². The molecule has 4 aromatic rings. The third-order valence-corrected chi connectivity index (χ3v) is 6.60. The number of fused-ring (bicyclic) bond motifs is 3. The smallest absolute Gasteiger partial charge is 0.337 e. The molecule has 0 bridgehead atoms. The molecule has 2 aliphatic heterocycles. The number of hydrogen-bond donors (Lipinski definition) is 1. The van der Waals surface area contributed by atoms with E-state index in [1.54, 1.807) is 18.5 Å². The van der Waals surface area contributed by atoms with Crippen molar-refractivity contribution in [2.24, 2.45) is 0 Å². The molecule has 3 aromatic carbocycles. The lowest BCUT2D eigenvalue weighted by Crippen LogP contribution is -2.32. The van der Waals surface area contributed by atoms with Crippen molar-refractivity contribution in [2.45, 2.75) is 26.0 Å². The van der Waals surface area contributed by atoms with Crippen molar-refractivity contribution in [1.82, 2.24) is 14.8 Å². The number of hydrogen-bond acceptors (Lipinski definition) is 6. The molecule has 0 saturated heterocycles.